The van der Waals surface area contributed by atoms with Crippen LogP contribution < -0.4 is 14.4 Å². The van der Waals surface area contributed by atoms with E-state index in [1.54, 1.807) is 22.5 Å². The molecule has 3 heterocycles. The van der Waals surface area contributed by atoms with Gasteiger partial charge in [-0.2, -0.15) is 4.31 Å². The fraction of sp³-hybridized carbons (Fsp3) is 0.472. The Kier molecular flexibility index (Phi) is 10.4. The van der Waals surface area contributed by atoms with Gasteiger partial charge in [0.15, 0.2) is 0 Å². The molecule has 6 rings (SSSR count). The molecule has 0 bridgehead atoms. The lowest BCUT2D eigenvalue weighted by atomic mass is 9.77. The predicted molar refractivity (Wildman–Crippen MR) is 185 cm³/mol. The third kappa shape index (κ3) is 6.99. The van der Waals surface area contributed by atoms with Crippen LogP contribution in [0.3, 0.4) is 0 Å². The highest BCUT2D eigenvalue weighted by Gasteiger charge is 2.45. The maximum Gasteiger partial charge on any atom is 0.246 e. The maximum atomic E-state index is 14.1. The van der Waals surface area contributed by atoms with Gasteiger partial charge in [-0.1, -0.05) is 42.5 Å². The molecule has 0 spiro atoms. The van der Waals surface area contributed by atoms with E-state index in [0.29, 0.717) is 37.8 Å². The van der Waals surface area contributed by atoms with E-state index >= 15 is 0 Å². The van der Waals surface area contributed by atoms with Crippen molar-refractivity contribution in [3.05, 3.63) is 78.4 Å². The minimum Gasteiger partial charge on any atom is -0.497 e. The molecule has 10 nitrogen and oxygen atoms in total. The Balaban J connectivity index is 1.18. The standard InChI is InChI=1S/C36H47N5O5S/c1-4-46-26-25-41-32-14-9-8-13-31(32)37-35(41)39-20-10-19-38(23-24-39)21-17-36(29-11-6-5-7-12-29)18-22-40(28-36)47(42,43)34-27-30(44-2)15-16-33(34)45-3/h5-9,11-16,27H,4,10,17-26,28H2,1-3H3/t36-/m0/s1. The number of hydrogen-bond acceptors (Lipinski definition) is 8. The van der Waals surface area contributed by atoms with Crippen LogP contribution in [-0.4, -0.2) is 100 Å². The molecular weight excluding hydrogens is 614 g/mol. The number of ether oxygens (including phenoxy) is 3. The average molecular weight is 662 g/mol. The first-order chi connectivity index (χ1) is 22.9. The van der Waals surface area contributed by atoms with E-state index in [-0.39, 0.29) is 10.3 Å². The van der Waals surface area contributed by atoms with Gasteiger partial charge >= 0.3 is 0 Å². The summed E-state index contributed by atoms with van der Waals surface area (Å²) in [6.07, 6.45) is 2.65. The number of hydrogen-bond donors (Lipinski definition) is 0. The highest BCUT2D eigenvalue weighted by atomic mass is 32.2. The van der Waals surface area contributed by atoms with Crippen LogP contribution in [-0.2, 0) is 26.7 Å². The number of benzene rings is 3. The second-order valence-corrected chi connectivity index (χ2v) is 14.3. The van der Waals surface area contributed by atoms with Gasteiger partial charge in [0, 0.05) is 57.4 Å². The Morgan fingerprint density at radius 1 is 0.872 bits per heavy atom. The van der Waals surface area contributed by atoms with Crippen LogP contribution in [0.4, 0.5) is 5.95 Å². The van der Waals surface area contributed by atoms with E-state index in [9.17, 15) is 8.42 Å². The van der Waals surface area contributed by atoms with Gasteiger partial charge in [-0.05, 0) is 69.1 Å². The van der Waals surface area contributed by atoms with Crippen molar-refractivity contribution in [1.29, 1.82) is 0 Å². The summed E-state index contributed by atoms with van der Waals surface area (Å²) >= 11 is 0. The van der Waals surface area contributed by atoms with Gasteiger partial charge in [-0.3, -0.25) is 0 Å². The Morgan fingerprint density at radius 3 is 2.47 bits per heavy atom. The molecule has 1 aromatic heterocycles. The first-order valence-electron chi connectivity index (χ1n) is 16.7. The van der Waals surface area contributed by atoms with E-state index in [1.165, 1.54) is 19.8 Å². The Labute approximate surface area is 278 Å². The van der Waals surface area contributed by atoms with Crippen LogP contribution in [0, 0.1) is 0 Å². The SMILES string of the molecule is CCOCCn1c(N2CCCN(CC[C@]3(c4ccccc4)CCN(S(=O)(=O)c4cc(OC)ccc4OC)C3)CC2)nc2ccccc21. The topological polar surface area (TPSA) is 89.4 Å². The number of nitrogens with zero attached hydrogens (tertiary/aromatic N) is 5. The molecule has 252 valence electrons. The van der Waals surface area contributed by atoms with Gasteiger partial charge in [0.2, 0.25) is 16.0 Å². The lowest BCUT2D eigenvalue weighted by Gasteiger charge is -2.33. The van der Waals surface area contributed by atoms with Crippen LogP contribution in [0.5, 0.6) is 11.5 Å². The molecule has 4 aromatic rings. The van der Waals surface area contributed by atoms with Crippen molar-refractivity contribution >= 4 is 27.0 Å². The lowest BCUT2D eigenvalue weighted by molar-refractivity contribution is 0.140. The van der Waals surface area contributed by atoms with Gasteiger partial charge in [0.25, 0.3) is 0 Å². The first-order valence-corrected chi connectivity index (χ1v) is 18.1. The van der Waals surface area contributed by atoms with Gasteiger partial charge in [-0.25, -0.2) is 13.4 Å². The lowest BCUT2D eigenvalue weighted by Crippen LogP contribution is -2.39. The van der Waals surface area contributed by atoms with E-state index in [1.807, 2.05) is 19.1 Å². The van der Waals surface area contributed by atoms with Crippen LogP contribution in [0.25, 0.3) is 11.0 Å². The monoisotopic (exact) mass is 661 g/mol. The number of anilines is 1. The molecule has 2 aliphatic heterocycles. The second-order valence-electron chi connectivity index (χ2n) is 12.4. The Hall–Kier alpha value is -3.64. The molecule has 0 aliphatic carbocycles. The van der Waals surface area contributed by atoms with Gasteiger partial charge < -0.3 is 28.6 Å². The molecule has 0 saturated carbocycles. The zero-order valence-corrected chi connectivity index (χ0v) is 28.6. The minimum atomic E-state index is -3.81. The summed E-state index contributed by atoms with van der Waals surface area (Å²) in [5.74, 6) is 1.82. The molecule has 2 saturated heterocycles. The normalized spacial score (nSPS) is 19.7. The quantitative estimate of drug-likeness (QED) is 0.185. The first kappa shape index (κ1) is 33.3. The van der Waals surface area contributed by atoms with Crippen molar-refractivity contribution in [2.24, 2.45) is 0 Å². The summed E-state index contributed by atoms with van der Waals surface area (Å²) in [7, 11) is -0.779. The van der Waals surface area contributed by atoms with Crippen molar-refractivity contribution in [3.63, 3.8) is 0 Å². The van der Waals surface area contributed by atoms with Crippen molar-refractivity contribution in [3.8, 4) is 11.5 Å². The third-order valence-electron chi connectivity index (χ3n) is 9.77. The fourth-order valence-electron chi connectivity index (χ4n) is 7.13. The van der Waals surface area contributed by atoms with Crippen LogP contribution in [0.15, 0.2) is 77.7 Å². The molecule has 0 amide bonds. The Morgan fingerprint density at radius 2 is 1.68 bits per heavy atom. The summed E-state index contributed by atoms with van der Waals surface area (Å²) < 4.78 is 48.6. The smallest absolute Gasteiger partial charge is 0.246 e. The molecule has 1 atom stereocenters. The average Bonchev–Trinajstić information content (AvgIpc) is 3.63. The van der Waals surface area contributed by atoms with E-state index in [0.717, 1.165) is 75.5 Å². The summed E-state index contributed by atoms with van der Waals surface area (Å²) in [5, 5.41) is 0. The molecular formula is C36H47N5O5S. The van der Waals surface area contributed by atoms with Gasteiger partial charge in [-0.15, -0.1) is 0 Å². The number of sulfonamides is 1. The number of aromatic nitrogens is 2. The number of fused-ring (bicyclic) bond motifs is 1. The molecule has 11 heteroatoms. The predicted octanol–water partition coefficient (Wildman–Crippen LogP) is 5.02. The minimum absolute atomic E-state index is 0.142. The molecule has 47 heavy (non-hydrogen) atoms. The number of imidazole rings is 1. The van der Waals surface area contributed by atoms with E-state index in [4.69, 9.17) is 19.2 Å². The van der Waals surface area contributed by atoms with Crippen LogP contribution in [0.1, 0.15) is 31.7 Å². The summed E-state index contributed by atoms with van der Waals surface area (Å²) in [6.45, 7) is 9.63. The largest absolute Gasteiger partial charge is 0.497 e. The Bertz CT molecular complexity index is 1750. The van der Waals surface area contributed by atoms with Crippen LogP contribution >= 0.6 is 0 Å². The second kappa shape index (κ2) is 14.6. The van der Waals surface area contributed by atoms with E-state index in [2.05, 4.69) is 56.8 Å². The zero-order valence-electron chi connectivity index (χ0n) is 27.8. The van der Waals surface area contributed by atoms with Gasteiger partial charge in [0.1, 0.15) is 16.4 Å². The van der Waals surface area contributed by atoms with Crippen molar-refractivity contribution < 1.29 is 22.6 Å². The number of methoxy groups -OCH3 is 2. The highest BCUT2D eigenvalue weighted by Crippen LogP contribution is 2.42. The van der Waals surface area contributed by atoms with Crippen LogP contribution in [0.2, 0.25) is 0 Å². The third-order valence-corrected chi connectivity index (χ3v) is 11.6. The fourth-order valence-corrected chi connectivity index (χ4v) is 8.83. The molecule has 0 radical (unpaired) electrons. The van der Waals surface area contributed by atoms with Crippen molar-refractivity contribution in [1.82, 2.24) is 18.8 Å². The van der Waals surface area contributed by atoms with Crippen molar-refractivity contribution in [2.75, 3.05) is 78.1 Å². The molecule has 2 aliphatic rings. The van der Waals surface area contributed by atoms with Crippen molar-refractivity contribution in [2.45, 2.75) is 43.0 Å². The number of para-hydroxylation sites is 2. The summed E-state index contributed by atoms with van der Waals surface area (Å²) in [5.41, 5.74) is 3.05. The summed E-state index contributed by atoms with van der Waals surface area (Å²) in [4.78, 5) is 10.2. The summed E-state index contributed by atoms with van der Waals surface area (Å²) in [6, 6.07) is 23.7. The van der Waals surface area contributed by atoms with Gasteiger partial charge in [0.05, 0.1) is 31.9 Å². The highest BCUT2D eigenvalue weighted by molar-refractivity contribution is 7.89. The molecule has 3 aromatic carbocycles. The zero-order chi connectivity index (χ0) is 32.9. The molecule has 0 N–H and O–H groups in total. The maximum absolute atomic E-state index is 14.1. The molecule has 0 unspecified atom stereocenters. The molecule has 2 fully saturated rings. The number of rotatable bonds is 13. The van der Waals surface area contributed by atoms with E-state index < -0.39 is 10.0 Å².